The molecule has 0 radical (unpaired) electrons. The molecule has 0 bridgehead atoms. The highest BCUT2D eigenvalue weighted by molar-refractivity contribution is 6.33. The molecule has 1 heterocycles. The summed E-state index contributed by atoms with van der Waals surface area (Å²) in [6.45, 7) is 0.880. The molecule has 1 aromatic rings. The number of hydrogen-bond donors (Lipinski definition) is 1. The predicted molar refractivity (Wildman–Crippen MR) is 75.2 cm³/mol. The molecular formula is C14H20ClN3. The van der Waals surface area contributed by atoms with Gasteiger partial charge in [0.1, 0.15) is 5.82 Å². The Bertz CT molecular complexity index is 427. The molecule has 0 unspecified atom stereocenters. The molecule has 2 aliphatic carbocycles. The summed E-state index contributed by atoms with van der Waals surface area (Å²) in [4.78, 5) is 6.76. The maximum atomic E-state index is 6.35. The Morgan fingerprint density at radius 2 is 2.17 bits per heavy atom. The average Bonchev–Trinajstić information content (AvgIpc) is 3.07. The number of aromatic nitrogens is 1. The van der Waals surface area contributed by atoms with E-state index < -0.39 is 0 Å². The summed E-state index contributed by atoms with van der Waals surface area (Å²) in [5.41, 5.74) is 1.18. The highest BCUT2D eigenvalue weighted by Gasteiger charge is 2.24. The first kappa shape index (κ1) is 12.2. The molecule has 2 saturated carbocycles. The summed E-state index contributed by atoms with van der Waals surface area (Å²) in [6, 6.07) is 3.40. The molecule has 1 N–H and O–H groups in total. The third-order valence-corrected chi connectivity index (χ3v) is 4.29. The fourth-order valence-corrected chi connectivity index (χ4v) is 2.65. The van der Waals surface area contributed by atoms with E-state index in [1.54, 1.807) is 0 Å². The Balaban J connectivity index is 1.66. The van der Waals surface area contributed by atoms with Gasteiger partial charge in [0.15, 0.2) is 0 Å². The minimum absolute atomic E-state index is 0.630. The van der Waals surface area contributed by atoms with Crippen LogP contribution in [0.2, 0.25) is 5.02 Å². The quantitative estimate of drug-likeness (QED) is 0.887. The number of halogens is 1. The summed E-state index contributed by atoms with van der Waals surface area (Å²) < 4.78 is 0. The van der Waals surface area contributed by atoms with Crippen LogP contribution in [-0.2, 0) is 6.54 Å². The lowest BCUT2D eigenvalue weighted by molar-refractivity contribution is 0.399. The number of anilines is 1. The standard InChI is InChI=1S/C14H20ClN3/c1-18(12-3-2-4-12)14-13(15)7-10(9-17-14)8-16-11-5-6-11/h7,9,11-12,16H,2-6,8H2,1H3. The Morgan fingerprint density at radius 3 is 2.72 bits per heavy atom. The topological polar surface area (TPSA) is 28.2 Å². The summed E-state index contributed by atoms with van der Waals surface area (Å²) in [5.74, 6) is 0.927. The number of pyridine rings is 1. The molecule has 0 saturated heterocycles. The maximum absolute atomic E-state index is 6.35. The van der Waals surface area contributed by atoms with E-state index in [2.05, 4.69) is 28.3 Å². The molecule has 18 heavy (non-hydrogen) atoms. The van der Waals surface area contributed by atoms with Gasteiger partial charge < -0.3 is 10.2 Å². The van der Waals surface area contributed by atoms with E-state index in [1.807, 2.05) is 6.20 Å². The van der Waals surface area contributed by atoms with E-state index in [-0.39, 0.29) is 0 Å². The lowest BCUT2D eigenvalue weighted by atomic mass is 9.92. The van der Waals surface area contributed by atoms with Crippen molar-refractivity contribution in [1.29, 1.82) is 0 Å². The lowest BCUT2D eigenvalue weighted by Gasteiger charge is -2.36. The predicted octanol–water partition coefficient (Wildman–Crippen LogP) is 2.98. The maximum Gasteiger partial charge on any atom is 0.147 e. The molecule has 0 atom stereocenters. The van der Waals surface area contributed by atoms with Crippen molar-refractivity contribution in [3.8, 4) is 0 Å². The molecule has 4 heteroatoms. The summed E-state index contributed by atoms with van der Waals surface area (Å²) in [6.07, 6.45) is 8.42. The van der Waals surface area contributed by atoms with E-state index in [4.69, 9.17) is 11.6 Å². The van der Waals surface area contributed by atoms with Gasteiger partial charge in [0, 0.05) is 31.9 Å². The van der Waals surface area contributed by atoms with Crippen LogP contribution in [0.15, 0.2) is 12.3 Å². The van der Waals surface area contributed by atoms with Crippen LogP contribution in [-0.4, -0.2) is 24.1 Å². The summed E-state index contributed by atoms with van der Waals surface area (Å²) >= 11 is 6.35. The third kappa shape index (κ3) is 2.62. The molecule has 2 aliphatic rings. The molecule has 2 fully saturated rings. The monoisotopic (exact) mass is 265 g/mol. The SMILES string of the molecule is CN(c1ncc(CNC2CC2)cc1Cl)C1CCC1. The second-order valence-corrected chi connectivity index (χ2v) is 5.91. The Kier molecular flexibility index (Phi) is 3.44. The highest BCUT2D eigenvalue weighted by Crippen LogP contribution is 2.31. The number of hydrogen-bond acceptors (Lipinski definition) is 3. The number of rotatable bonds is 5. The fraction of sp³-hybridized carbons (Fsp3) is 0.643. The zero-order chi connectivity index (χ0) is 12.5. The average molecular weight is 266 g/mol. The molecule has 0 aromatic carbocycles. The van der Waals surface area contributed by atoms with Gasteiger partial charge in [0.2, 0.25) is 0 Å². The van der Waals surface area contributed by atoms with Gasteiger partial charge in [-0.15, -0.1) is 0 Å². The Hall–Kier alpha value is -0.800. The van der Waals surface area contributed by atoms with Crippen molar-refractivity contribution in [3.05, 3.63) is 22.8 Å². The largest absolute Gasteiger partial charge is 0.355 e. The zero-order valence-corrected chi connectivity index (χ0v) is 11.6. The van der Waals surface area contributed by atoms with Gasteiger partial charge in [-0.25, -0.2) is 4.98 Å². The van der Waals surface area contributed by atoms with E-state index in [1.165, 1.54) is 37.7 Å². The van der Waals surface area contributed by atoms with Crippen LogP contribution in [0.1, 0.15) is 37.7 Å². The third-order valence-electron chi connectivity index (χ3n) is 4.01. The summed E-state index contributed by atoms with van der Waals surface area (Å²) in [7, 11) is 2.10. The molecule has 3 rings (SSSR count). The van der Waals surface area contributed by atoms with E-state index in [0.29, 0.717) is 6.04 Å². The first-order valence-corrected chi connectivity index (χ1v) is 7.22. The highest BCUT2D eigenvalue weighted by atomic mass is 35.5. The van der Waals surface area contributed by atoms with Crippen molar-refractivity contribution < 1.29 is 0 Å². The number of nitrogens with one attached hydrogen (secondary N) is 1. The lowest BCUT2D eigenvalue weighted by Crippen LogP contribution is -2.37. The van der Waals surface area contributed by atoms with Crippen LogP contribution in [0.5, 0.6) is 0 Å². The molecule has 0 spiro atoms. The van der Waals surface area contributed by atoms with Gasteiger partial charge >= 0.3 is 0 Å². The zero-order valence-electron chi connectivity index (χ0n) is 10.8. The van der Waals surface area contributed by atoms with Crippen molar-refractivity contribution in [2.75, 3.05) is 11.9 Å². The molecule has 0 amide bonds. The molecule has 0 aliphatic heterocycles. The van der Waals surface area contributed by atoms with Crippen LogP contribution in [0.4, 0.5) is 5.82 Å². The minimum Gasteiger partial charge on any atom is -0.355 e. The van der Waals surface area contributed by atoms with Crippen LogP contribution in [0, 0.1) is 0 Å². The fourth-order valence-electron chi connectivity index (χ4n) is 2.32. The van der Waals surface area contributed by atoms with Crippen molar-refractivity contribution in [2.45, 2.75) is 50.7 Å². The van der Waals surface area contributed by atoms with Crippen molar-refractivity contribution in [1.82, 2.24) is 10.3 Å². The van der Waals surface area contributed by atoms with Gasteiger partial charge in [-0.2, -0.15) is 0 Å². The van der Waals surface area contributed by atoms with Gasteiger partial charge in [-0.1, -0.05) is 11.6 Å². The normalized spacial score (nSPS) is 19.7. The van der Waals surface area contributed by atoms with Crippen molar-refractivity contribution in [3.63, 3.8) is 0 Å². The summed E-state index contributed by atoms with van der Waals surface area (Å²) in [5, 5.41) is 4.26. The first-order valence-electron chi connectivity index (χ1n) is 6.84. The Morgan fingerprint density at radius 1 is 1.39 bits per heavy atom. The second-order valence-electron chi connectivity index (χ2n) is 5.50. The van der Waals surface area contributed by atoms with E-state index in [9.17, 15) is 0 Å². The van der Waals surface area contributed by atoms with Gasteiger partial charge in [0.05, 0.1) is 5.02 Å². The van der Waals surface area contributed by atoms with Gasteiger partial charge in [-0.3, -0.25) is 0 Å². The van der Waals surface area contributed by atoms with Crippen molar-refractivity contribution >= 4 is 17.4 Å². The molecular weight excluding hydrogens is 246 g/mol. The number of nitrogens with zero attached hydrogens (tertiary/aromatic N) is 2. The Labute approximate surface area is 114 Å². The van der Waals surface area contributed by atoms with Gasteiger partial charge in [-0.05, 0) is 43.7 Å². The van der Waals surface area contributed by atoms with Gasteiger partial charge in [0.25, 0.3) is 0 Å². The molecule has 98 valence electrons. The van der Waals surface area contributed by atoms with Crippen molar-refractivity contribution in [2.24, 2.45) is 0 Å². The molecule has 3 nitrogen and oxygen atoms in total. The minimum atomic E-state index is 0.630. The van der Waals surface area contributed by atoms with Crippen LogP contribution < -0.4 is 10.2 Å². The van der Waals surface area contributed by atoms with E-state index >= 15 is 0 Å². The smallest absolute Gasteiger partial charge is 0.147 e. The first-order chi connectivity index (χ1) is 8.74. The molecule has 1 aromatic heterocycles. The van der Waals surface area contributed by atoms with Crippen LogP contribution in [0.3, 0.4) is 0 Å². The van der Waals surface area contributed by atoms with E-state index in [0.717, 1.165) is 23.4 Å². The second kappa shape index (κ2) is 5.06. The van der Waals surface area contributed by atoms with Crippen LogP contribution in [0.25, 0.3) is 0 Å². The van der Waals surface area contributed by atoms with Crippen LogP contribution >= 0.6 is 11.6 Å².